The molecule has 1 unspecified atom stereocenters. The second kappa shape index (κ2) is 6.80. The molecule has 23 heavy (non-hydrogen) atoms. The van der Waals surface area contributed by atoms with E-state index in [2.05, 4.69) is 26.2 Å². The largest absolute Gasteiger partial charge is 0.337 e. The Labute approximate surface area is 142 Å². The number of likely N-dealkylation sites (tertiary alicyclic amines) is 1. The first-order valence-corrected chi connectivity index (χ1v) is 8.48. The fourth-order valence-electron chi connectivity index (χ4n) is 3.09. The predicted octanol–water partition coefficient (Wildman–Crippen LogP) is 1.37. The van der Waals surface area contributed by atoms with Crippen LogP contribution in [-0.2, 0) is 11.3 Å². The van der Waals surface area contributed by atoms with E-state index in [-0.39, 0.29) is 24.1 Å². The number of amides is 1. The standard InChI is InChI=1S/C16H19BrN4O2/c1-18-8-12-3-2-6-21(12)15(22)9-20-10-19-14-5-4-11(17)7-13(14)16(20)23/h4-5,7,10,12,18H,2-3,6,8-9H2,1H3. The Balaban J connectivity index is 1.85. The zero-order chi connectivity index (χ0) is 16.4. The third kappa shape index (κ3) is 3.30. The Hall–Kier alpha value is -1.73. The van der Waals surface area contributed by atoms with Gasteiger partial charge in [0.1, 0.15) is 6.54 Å². The summed E-state index contributed by atoms with van der Waals surface area (Å²) >= 11 is 3.36. The van der Waals surface area contributed by atoms with Gasteiger partial charge in [0.15, 0.2) is 0 Å². The predicted molar refractivity (Wildman–Crippen MR) is 92.4 cm³/mol. The summed E-state index contributed by atoms with van der Waals surface area (Å²) in [5.41, 5.74) is 0.449. The first-order chi connectivity index (χ1) is 11.1. The topological polar surface area (TPSA) is 67.2 Å². The van der Waals surface area contributed by atoms with Crippen LogP contribution in [0.4, 0.5) is 0 Å². The maximum atomic E-state index is 12.6. The summed E-state index contributed by atoms with van der Waals surface area (Å²) in [4.78, 5) is 31.3. The number of hydrogen-bond donors (Lipinski definition) is 1. The normalized spacial score (nSPS) is 17.8. The van der Waals surface area contributed by atoms with Crippen LogP contribution in [0.2, 0.25) is 0 Å². The van der Waals surface area contributed by atoms with Crippen LogP contribution in [-0.4, -0.2) is 46.5 Å². The number of fused-ring (bicyclic) bond motifs is 1. The Morgan fingerprint density at radius 3 is 3.09 bits per heavy atom. The van der Waals surface area contributed by atoms with E-state index in [0.29, 0.717) is 10.9 Å². The molecule has 0 spiro atoms. The van der Waals surface area contributed by atoms with Crippen molar-refractivity contribution in [1.82, 2.24) is 19.8 Å². The molecule has 7 heteroatoms. The maximum absolute atomic E-state index is 12.6. The number of aromatic nitrogens is 2. The molecule has 1 aliphatic rings. The number of nitrogens with zero attached hydrogens (tertiary/aromatic N) is 3. The molecule has 0 saturated carbocycles. The van der Waals surface area contributed by atoms with Gasteiger partial charge in [0, 0.05) is 23.6 Å². The minimum absolute atomic E-state index is 0.0269. The summed E-state index contributed by atoms with van der Waals surface area (Å²) in [5.74, 6) is -0.0269. The van der Waals surface area contributed by atoms with Crippen LogP contribution in [0, 0.1) is 0 Å². The van der Waals surface area contributed by atoms with Crippen molar-refractivity contribution in [2.75, 3.05) is 20.1 Å². The molecule has 122 valence electrons. The number of carbonyl (C=O) groups is 1. The van der Waals surface area contributed by atoms with Crippen molar-refractivity contribution in [2.24, 2.45) is 0 Å². The monoisotopic (exact) mass is 378 g/mol. The zero-order valence-electron chi connectivity index (χ0n) is 13.0. The fourth-order valence-corrected chi connectivity index (χ4v) is 3.45. The van der Waals surface area contributed by atoms with Gasteiger partial charge in [-0.2, -0.15) is 0 Å². The third-order valence-corrected chi connectivity index (χ3v) is 4.72. The van der Waals surface area contributed by atoms with E-state index < -0.39 is 0 Å². The van der Waals surface area contributed by atoms with Crippen LogP contribution in [0.1, 0.15) is 12.8 Å². The number of benzene rings is 1. The number of carbonyl (C=O) groups excluding carboxylic acids is 1. The van der Waals surface area contributed by atoms with Crippen LogP contribution >= 0.6 is 15.9 Å². The van der Waals surface area contributed by atoms with E-state index >= 15 is 0 Å². The number of likely N-dealkylation sites (N-methyl/N-ethyl adjacent to an activating group) is 1. The molecule has 0 aliphatic carbocycles. The summed E-state index contributed by atoms with van der Waals surface area (Å²) in [7, 11) is 1.89. The molecule has 1 N–H and O–H groups in total. The van der Waals surface area contributed by atoms with Crippen molar-refractivity contribution in [3.05, 3.63) is 39.4 Å². The zero-order valence-corrected chi connectivity index (χ0v) is 14.5. The summed E-state index contributed by atoms with van der Waals surface area (Å²) < 4.78 is 2.22. The number of rotatable bonds is 4. The highest BCUT2D eigenvalue weighted by Crippen LogP contribution is 2.18. The van der Waals surface area contributed by atoms with E-state index in [4.69, 9.17) is 0 Å². The average molecular weight is 379 g/mol. The molecule has 1 amide bonds. The molecule has 1 fully saturated rings. The molecular formula is C16H19BrN4O2. The molecule has 2 aromatic rings. The molecule has 1 aromatic carbocycles. The van der Waals surface area contributed by atoms with Crippen LogP contribution in [0.3, 0.4) is 0 Å². The second-order valence-corrected chi connectivity index (χ2v) is 6.70. The van der Waals surface area contributed by atoms with Gasteiger partial charge >= 0.3 is 0 Å². The summed E-state index contributed by atoms with van der Waals surface area (Å²) in [6, 6.07) is 5.59. The average Bonchev–Trinajstić information content (AvgIpc) is 2.99. The van der Waals surface area contributed by atoms with Crippen molar-refractivity contribution >= 4 is 32.7 Å². The lowest BCUT2D eigenvalue weighted by Gasteiger charge is -2.24. The van der Waals surface area contributed by atoms with Gasteiger partial charge < -0.3 is 10.2 Å². The van der Waals surface area contributed by atoms with Gasteiger partial charge in [-0.05, 0) is 38.1 Å². The van der Waals surface area contributed by atoms with Crippen molar-refractivity contribution in [2.45, 2.75) is 25.4 Å². The lowest BCUT2D eigenvalue weighted by molar-refractivity contribution is -0.132. The van der Waals surface area contributed by atoms with E-state index in [9.17, 15) is 9.59 Å². The quantitative estimate of drug-likeness (QED) is 0.872. The molecule has 6 nitrogen and oxygen atoms in total. The van der Waals surface area contributed by atoms with Crippen LogP contribution < -0.4 is 10.9 Å². The number of nitrogens with one attached hydrogen (secondary N) is 1. The van der Waals surface area contributed by atoms with Gasteiger partial charge in [-0.25, -0.2) is 4.98 Å². The van der Waals surface area contributed by atoms with E-state index in [1.807, 2.05) is 18.0 Å². The highest BCUT2D eigenvalue weighted by atomic mass is 79.9. The maximum Gasteiger partial charge on any atom is 0.261 e. The lowest BCUT2D eigenvalue weighted by Crippen LogP contribution is -2.43. The molecule has 0 radical (unpaired) electrons. The van der Waals surface area contributed by atoms with E-state index in [1.165, 1.54) is 10.9 Å². The Morgan fingerprint density at radius 2 is 2.30 bits per heavy atom. The van der Waals surface area contributed by atoms with Crippen molar-refractivity contribution in [3.63, 3.8) is 0 Å². The third-order valence-electron chi connectivity index (χ3n) is 4.23. The SMILES string of the molecule is CNCC1CCCN1C(=O)Cn1cnc2ccc(Br)cc2c1=O. The van der Waals surface area contributed by atoms with Crippen molar-refractivity contribution in [1.29, 1.82) is 0 Å². The molecule has 2 heterocycles. The van der Waals surface area contributed by atoms with Gasteiger partial charge in [0.2, 0.25) is 5.91 Å². The fraction of sp³-hybridized carbons (Fsp3) is 0.438. The first-order valence-electron chi connectivity index (χ1n) is 7.69. The lowest BCUT2D eigenvalue weighted by atomic mass is 10.2. The summed E-state index contributed by atoms with van der Waals surface area (Å²) in [6.45, 7) is 1.57. The Bertz CT molecular complexity index is 789. The molecule has 1 aromatic heterocycles. The molecule has 3 rings (SSSR count). The minimum Gasteiger partial charge on any atom is -0.337 e. The Kier molecular flexibility index (Phi) is 4.77. The molecule has 1 aliphatic heterocycles. The number of halogens is 1. The highest BCUT2D eigenvalue weighted by Gasteiger charge is 2.28. The first kappa shape index (κ1) is 16.1. The molecule has 1 saturated heterocycles. The van der Waals surface area contributed by atoms with Gasteiger partial charge in [-0.3, -0.25) is 14.2 Å². The Morgan fingerprint density at radius 1 is 1.48 bits per heavy atom. The van der Waals surface area contributed by atoms with E-state index in [0.717, 1.165) is 30.4 Å². The summed E-state index contributed by atoms with van der Waals surface area (Å²) in [6.07, 6.45) is 3.47. The number of hydrogen-bond acceptors (Lipinski definition) is 4. The molecule has 1 atom stereocenters. The van der Waals surface area contributed by atoms with Gasteiger partial charge in [0.25, 0.3) is 5.56 Å². The second-order valence-electron chi connectivity index (χ2n) is 5.78. The van der Waals surface area contributed by atoms with Crippen LogP contribution in [0.15, 0.2) is 33.8 Å². The highest BCUT2D eigenvalue weighted by molar-refractivity contribution is 9.10. The van der Waals surface area contributed by atoms with E-state index in [1.54, 1.807) is 12.1 Å². The molecular weight excluding hydrogens is 360 g/mol. The smallest absolute Gasteiger partial charge is 0.261 e. The minimum atomic E-state index is -0.186. The van der Waals surface area contributed by atoms with Crippen molar-refractivity contribution < 1.29 is 4.79 Å². The van der Waals surface area contributed by atoms with Crippen LogP contribution in [0.25, 0.3) is 10.9 Å². The van der Waals surface area contributed by atoms with Crippen molar-refractivity contribution in [3.8, 4) is 0 Å². The van der Waals surface area contributed by atoms with Gasteiger partial charge in [-0.1, -0.05) is 15.9 Å². The summed E-state index contributed by atoms with van der Waals surface area (Å²) in [5, 5.41) is 3.64. The van der Waals surface area contributed by atoms with Gasteiger partial charge in [0.05, 0.1) is 17.2 Å². The molecule has 0 bridgehead atoms. The van der Waals surface area contributed by atoms with Gasteiger partial charge in [-0.15, -0.1) is 0 Å². The van der Waals surface area contributed by atoms with Crippen LogP contribution in [0.5, 0.6) is 0 Å².